The number of benzene rings is 1. The molecule has 0 aliphatic heterocycles. The van der Waals surface area contributed by atoms with Crippen molar-refractivity contribution in [3.05, 3.63) is 58.7 Å². The van der Waals surface area contributed by atoms with Crippen LogP contribution in [0, 0.1) is 6.92 Å². The Morgan fingerprint density at radius 3 is 2.52 bits per heavy atom. The van der Waals surface area contributed by atoms with E-state index in [9.17, 15) is 0 Å². The molecule has 0 unspecified atom stereocenters. The molecule has 110 valence electrons. The molecule has 0 radical (unpaired) electrons. The molecule has 1 aliphatic rings. The summed E-state index contributed by atoms with van der Waals surface area (Å²) in [6, 6.07) is 10.8. The third-order valence-electron chi connectivity index (χ3n) is 4.07. The van der Waals surface area contributed by atoms with E-state index < -0.39 is 0 Å². The van der Waals surface area contributed by atoms with Crippen molar-refractivity contribution in [2.75, 3.05) is 6.54 Å². The Labute approximate surface area is 126 Å². The Hall–Kier alpha value is -1.74. The van der Waals surface area contributed by atoms with Crippen LogP contribution in [0.25, 0.3) is 0 Å². The van der Waals surface area contributed by atoms with Crippen molar-refractivity contribution < 1.29 is 0 Å². The van der Waals surface area contributed by atoms with Crippen molar-refractivity contribution in [2.24, 2.45) is 0 Å². The van der Waals surface area contributed by atoms with Crippen molar-refractivity contribution in [1.29, 1.82) is 0 Å². The van der Waals surface area contributed by atoms with Crippen LogP contribution in [0.5, 0.6) is 0 Å². The molecule has 3 heteroatoms. The Balaban J connectivity index is 1.77. The number of hydrogen-bond acceptors (Lipinski definition) is 3. The van der Waals surface area contributed by atoms with Gasteiger partial charge in [-0.05, 0) is 49.9 Å². The van der Waals surface area contributed by atoms with E-state index in [1.807, 2.05) is 0 Å². The molecule has 2 aromatic rings. The normalized spacial score (nSPS) is 14.4. The van der Waals surface area contributed by atoms with Crippen LogP contribution in [0.1, 0.15) is 47.6 Å². The van der Waals surface area contributed by atoms with Crippen LogP contribution >= 0.6 is 0 Å². The lowest BCUT2D eigenvalue weighted by Gasteiger charge is -2.11. The SMILES string of the molecule is CCCNCc1cc(C)nc(C2Cc3ccccc3C2)n1. The Morgan fingerprint density at radius 1 is 1.14 bits per heavy atom. The Morgan fingerprint density at radius 2 is 1.86 bits per heavy atom. The maximum absolute atomic E-state index is 4.80. The highest BCUT2D eigenvalue weighted by molar-refractivity contribution is 5.35. The minimum atomic E-state index is 0.437. The molecule has 0 spiro atoms. The highest BCUT2D eigenvalue weighted by Crippen LogP contribution is 2.32. The summed E-state index contributed by atoms with van der Waals surface area (Å²) >= 11 is 0. The average Bonchev–Trinajstić information content (AvgIpc) is 2.91. The molecule has 0 saturated heterocycles. The molecule has 1 aromatic carbocycles. The van der Waals surface area contributed by atoms with Crippen LogP contribution in [0.15, 0.2) is 30.3 Å². The Bertz CT molecular complexity index is 597. The van der Waals surface area contributed by atoms with Crippen LogP contribution < -0.4 is 5.32 Å². The summed E-state index contributed by atoms with van der Waals surface area (Å²) in [7, 11) is 0. The van der Waals surface area contributed by atoms with Gasteiger partial charge >= 0.3 is 0 Å². The lowest BCUT2D eigenvalue weighted by molar-refractivity contribution is 0.634. The summed E-state index contributed by atoms with van der Waals surface area (Å²) in [5.41, 5.74) is 5.10. The fourth-order valence-corrected chi connectivity index (χ4v) is 3.07. The standard InChI is InChI=1S/C18H23N3/c1-3-8-19-12-17-9-13(2)20-18(21-17)16-10-14-6-4-5-7-15(14)11-16/h4-7,9,16,19H,3,8,10-12H2,1-2H3. The second-order valence-corrected chi connectivity index (χ2v) is 5.91. The molecule has 0 fully saturated rings. The van der Waals surface area contributed by atoms with E-state index in [-0.39, 0.29) is 0 Å². The number of rotatable bonds is 5. The van der Waals surface area contributed by atoms with E-state index in [2.05, 4.69) is 54.5 Å². The molecule has 0 amide bonds. The minimum absolute atomic E-state index is 0.437. The highest BCUT2D eigenvalue weighted by atomic mass is 14.9. The van der Waals surface area contributed by atoms with Gasteiger partial charge in [-0.1, -0.05) is 31.2 Å². The smallest absolute Gasteiger partial charge is 0.132 e. The van der Waals surface area contributed by atoms with Crippen molar-refractivity contribution >= 4 is 0 Å². The molecule has 0 saturated carbocycles. The number of nitrogens with zero attached hydrogens (tertiary/aromatic N) is 2. The molecule has 1 N–H and O–H groups in total. The van der Waals surface area contributed by atoms with Crippen molar-refractivity contribution in [3.8, 4) is 0 Å². The zero-order valence-corrected chi connectivity index (χ0v) is 12.9. The van der Waals surface area contributed by atoms with Crippen LogP contribution in [0.2, 0.25) is 0 Å². The van der Waals surface area contributed by atoms with Crippen LogP contribution in [-0.2, 0) is 19.4 Å². The molecule has 0 bridgehead atoms. The van der Waals surface area contributed by atoms with Gasteiger partial charge in [0.25, 0.3) is 0 Å². The largest absolute Gasteiger partial charge is 0.311 e. The third kappa shape index (κ3) is 3.30. The van der Waals surface area contributed by atoms with Gasteiger partial charge in [-0.2, -0.15) is 0 Å². The first kappa shape index (κ1) is 14.2. The fourth-order valence-electron chi connectivity index (χ4n) is 3.07. The average molecular weight is 281 g/mol. The number of fused-ring (bicyclic) bond motifs is 1. The fraction of sp³-hybridized carbons (Fsp3) is 0.444. The van der Waals surface area contributed by atoms with E-state index in [1.54, 1.807) is 0 Å². The molecule has 3 rings (SSSR count). The first-order valence-corrected chi connectivity index (χ1v) is 7.88. The molecule has 21 heavy (non-hydrogen) atoms. The van der Waals surface area contributed by atoms with E-state index in [0.29, 0.717) is 5.92 Å². The molecule has 1 heterocycles. The minimum Gasteiger partial charge on any atom is -0.311 e. The van der Waals surface area contributed by atoms with Crippen LogP contribution in [0.4, 0.5) is 0 Å². The second-order valence-electron chi connectivity index (χ2n) is 5.91. The first-order chi connectivity index (χ1) is 10.3. The maximum Gasteiger partial charge on any atom is 0.132 e. The topological polar surface area (TPSA) is 37.8 Å². The molecule has 1 aliphatic carbocycles. The van der Waals surface area contributed by atoms with Gasteiger partial charge in [0.05, 0.1) is 5.69 Å². The Kier molecular flexibility index (Phi) is 4.30. The number of aryl methyl sites for hydroxylation is 1. The summed E-state index contributed by atoms with van der Waals surface area (Å²) in [5, 5.41) is 3.42. The molecular weight excluding hydrogens is 258 g/mol. The number of aromatic nitrogens is 2. The van der Waals surface area contributed by atoms with Gasteiger partial charge in [0.1, 0.15) is 5.82 Å². The first-order valence-electron chi connectivity index (χ1n) is 7.88. The summed E-state index contributed by atoms with van der Waals surface area (Å²) in [6.45, 7) is 6.12. The number of nitrogens with one attached hydrogen (secondary N) is 1. The summed E-state index contributed by atoms with van der Waals surface area (Å²) in [5.74, 6) is 1.45. The van der Waals surface area contributed by atoms with Gasteiger partial charge in [0.2, 0.25) is 0 Å². The third-order valence-corrected chi connectivity index (χ3v) is 4.07. The predicted octanol–water partition coefficient (Wildman–Crippen LogP) is 3.17. The lowest BCUT2D eigenvalue weighted by Crippen LogP contribution is -2.17. The van der Waals surface area contributed by atoms with Gasteiger partial charge in [-0.25, -0.2) is 9.97 Å². The summed E-state index contributed by atoms with van der Waals surface area (Å²) in [6.07, 6.45) is 3.29. The van der Waals surface area contributed by atoms with Crippen LogP contribution in [0.3, 0.4) is 0 Å². The molecule has 3 nitrogen and oxygen atoms in total. The molecular formula is C18H23N3. The highest BCUT2D eigenvalue weighted by Gasteiger charge is 2.25. The van der Waals surface area contributed by atoms with Gasteiger partial charge in [0.15, 0.2) is 0 Å². The lowest BCUT2D eigenvalue weighted by atomic mass is 10.1. The second kappa shape index (κ2) is 6.35. The summed E-state index contributed by atoms with van der Waals surface area (Å²) < 4.78 is 0. The quantitative estimate of drug-likeness (QED) is 0.855. The number of hydrogen-bond donors (Lipinski definition) is 1. The predicted molar refractivity (Wildman–Crippen MR) is 85.4 cm³/mol. The molecule has 0 atom stereocenters. The van der Waals surface area contributed by atoms with Crippen LogP contribution in [-0.4, -0.2) is 16.5 Å². The van der Waals surface area contributed by atoms with Gasteiger partial charge in [-0.15, -0.1) is 0 Å². The maximum atomic E-state index is 4.80. The zero-order chi connectivity index (χ0) is 14.7. The van der Waals surface area contributed by atoms with E-state index in [4.69, 9.17) is 4.98 Å². The van der Waals surface area contributed by atoms with E-state index >= 15 is 0 Å². The van der Waals surface area contributed by atoms with Gasteiger partial charge in [0, 0.05) is 18.2 Å². The zero-order valence-electron chi connectivity index (χ0n) is 12.9. The molecule has 1 aromatic heterocycles. The van der Waals surface area contributed by atoms with Crippen molar-refractivity contribution in [1.82, 2.24) is 15.3 Å². The van der Waals surface area contributed by atoms with E-state index in [1.165, 1.54) is 11.1 Å². The van der Waals surface area contributed by atoms with Gasteiger partial charge < -0.3 is 5.32 Å². The summed E-state index contributed by atoms with van der Waals surface area (Å²) in [4.78, 5) is 9.49. The van der Waals surface area contributed by atoms with Crippen molar-refractivity contribution in [3.63, 3.8) is 0 Å². The van der Waals surface area contributed by atoms with Crippen molar-refractivity contribution in [2.45, 2.75) is 45.6 Å². The van der Waals surface area contributed by atoms with Gasteiger partial charge in [-0.3, -0.25) is 0 Å². The monoisotopic (exact) mass is 281 g/mol. The van der Waals surface area contributed by atoms with E-state index in [0.717, 1.165) is 49.6 Å².